The van der Waals surface area contributed by atoms with E-state index in [4.69, 9.17) is 9.47 Å². The third-order valence-electron chi connectivity index (χ3n) is 3.60. The van der Waals surface area contributed by atoms with Crippen molar-refractivity contribution in [1.29, 1.82) is 0 Å². The molecule has 0 radical (unpaired) electrons. The lowest BCUT2D eigenvalue weighted by Crippen LogP contribution is -2.36. The average molecular weight is 282 g/mol. The molecule has 4 nitrogen and oxygen atoms in total. The lowest BCUT2D eigenvalue weighted by Gasteiger charge is -2.30. The molecule has 0 atom stereocenters. The highest BCUT2D eigenvalue weighted by atomic mass is 16.5. The molecule has 4 heteroatoms. The van der Waals surface area contributed by atoms with Crippen LogP contribution in [0.5, 0.6) is 0 Å². The fourth-order valence-electron chi connectivity index (χ4n) is 2.18. The maximum Gasteiger partial charge on any atom is 0.0550 e. The van der Waals surface area contributed by atoms with E-state index >= 15 is 0 Å². The summed E-state index contributed by atoms with van der Waals surface area (Å²) < 4.78 is 10.5. The van der Waals surface area contributed by atoms with Crippen molar-refractivity contribution < 1.29 is 19.7 Å². The van der Waals surface area contributed by atoms with Crippen LogP contribution in [-0.4, -0.2) is 50.4 Å². The highest BCUT2D eigenvalue weighted by Gasteiger charge is 2.30. The van der Waals surface area contributed by atoms with Crippen molar-refractivity contribution in [3.05, 3.63) is 35.4 Å². The summed E-state index contributed by atoms with van der Waals surface area (Å²) in [5.74, 6) is 0. The van der Waals surface area contributed by atoms with Gasteiger partial charge in [-0.1, -0.05) is 29.8 Å². The number of methoxy groups -OCH3 is 1. The summed E-state index contributed by atoms with van der Waals surface area (Å²) in [4.78, 5) is 0. The molecule has 0 heterocycles. The zero-order valence-electron chi connectivity index (χ0n) is 12.5. The van der Waals surface area contributed by atoms with Crippen molar-refractivity contribution in [3.63, 3.8) is 0 Å². The van der Waals surface area contributed by atoms with Gasteiger partial charge in [-0.05, 0) is 25.3 Å². The van der Waals surface area contributed by atoms with E-state index in [1.54, 1.807) is 7.11 Å². The van der Waals surface area contributed by atoms with Crippen LogP contribution in [-0.2, 0) is 14.9 Å². The molecule has 20 heavy (non-hydrogen) atoms. The zero-order valence-corrected chi connectivity index (χ0v) is 12.5. The van der Waals surface area contributed by atoms with Gasteiger partial charge in [-0.2, -0.15) is 0 Å². The number of ether oxygens (including phenoxy) is 2. The molecule has 0 fully saturated rings. The fraction of sp³-hybridized carbons (Fsp3) is 0.625. The Morgan fingerprint density at radius 2 is 1.85 bits per heavy atom. The molecule has 1 aromatic carbocycles. The molecule has 0 amide bonds. The first-order chi connectivity index (χ1) is 9.68. The highest BCUT2D eigenvalue weighted by molar-refractivity contribution is 5.30. The number of benzene rings is 1. The van der Waals surface area contributed by atoms with E-state index in [0.29, 0.717) is 26.2 Å². The number of aliphatic hydroxyl groups is 2. The maximum atomic E-state index is 9.73. The Hall–Kier alpha value is -0.940. The number of aryl methyl sites for hydroxylation is 1. The van der Waals surface area contributed by atoms with Crippen LogP contribution in [0.15, 0.2) is 24.3 Å². The number of hydrogen-bond donors (Lipinski definition) is 2. The highest BCUT2D eigenvalue weighted by Crippen LogP contribution is 2.28. The van der Waals surface area contributed by atoms with Gasteiger partial charge in [-0.3, -0.25) is 0 Å². The fourth-order valence-corrected chi connectivity index (χ4v) is 2.18. The van der Waals surface area contributed by atoms with E-state index in [2.05, 4.69) is 0 Å². The normalized spacial score (nSPS) is 11.8. The molecule has 0 spiro atoms. The van der Waals surface area contributed by atoms with E-state index in [1.165, 1.54) is 0 Å². The smallest absolute Gasteiger partial charge is 0.0550 e. The molecule has 0 aliphatic rings. The summed E-state index contributed by atoms with van der Waals surface area (Å²) in [6, 6.07) is 7.91. The molecule has 0 unspecified atom stereocenters. The molecule has 2 N–H and O–H groups in total. The van der Waals surface area contributed by atoms with Gasteiger partial charge in [0.2, 0.25) is 0 Å². The minimum Gasteiger partial charge on any atom is -0.395 e. The minimum atomic E-state index is -0.632. The van der Waals surface area contributed by atoms with Crippen LogP contribution in [0.1, 0.15) is 24.0 Å². The summed E-state index contributed by atoms with van der Waals surface area (Å²) in [6.07, 6.45) is 1.45. The summed E-state index contributed by atoms with van der Waals surface area (Å²) in [5, 5.41) is 19.5. The van der Waals surface area contributed by atoms with Crippen LogP contribution >= 0.6 is 0 Å². The third kappa shape index (κ3) is 4.87. The van der Waals surface area contributed by atoms with Gasteiger partial charge in [0.15, 0.2) is 0 Å². The van der Waals surface area contributed by atoms with Gasteiger partial charge in [0.05, 0.1) is 13.2 Å². The van der Waals surface area contributed by atoms with Crippen molar-refractivity contribution in [3.8, 4) is 0 Å². The van der Waals surface area contributed by atoms with E-state index in [9.17, 15) is 10.2 Å². The average Bonchev–Trinajstić information content (AvgIpc) is 2.47. The number of aliphatic hydroxyl groups excluding tert-OH is 2. The Morgan fingerprint density at radius 1 is 1.10 bits per heavy atom. The Bertz CT molecular complexity index is 374. The SMILES string of the molecule is COCCCOCCC(CO)(CO)c1cccc(C)c1. The van der Waals surface area contributed by atoms with Gasteiger partial charge < -0.3 is 19.7 Å². The van der Waals surface area contributed by atoms with E-state index in [1.807, 2.05) is 31.2 Å². The Morgan fingerprint density at radius 3 is 2.45 bits per heavy atom. The third-order valence-corrected chi connectivity index (χ3v) is 3.60. The van der Waals surface area contributed by atoms with Crippen molar-refractivity contribution in [1.82, 2.24) is 0 Å². The molecule has 0 saturated carbocycles. The quantitative estimate of drug-likeness (QED) is 0.641. The molecule has 0 saturated heterocycles. The second-order valence-electron chi connectivity index (χ2n) is 5.17. The zero-order chi connectivity index (χ0) is 14.8. The van der Waals surface area contributed by atoms with Crippen LogP contribution in [0.4, 0.5) is 0 Å². The lowest BCUT2D eigenvalue weighted by atomic mass is 9.79. The summed E-state index contributed by atoms with van der Waals surface area (Å²) in [6.45, 7) is 3.66. The van der Waals surface area contributed by atoms with Crippen LogP contribution in [0.3, 0.4) is 0 Å². The predicted octanol–water partition coefficient (Wildman–Crippen LogP) is 1.66. The molecule has 0 aliphatic carbocycles. The Labute approximate surface area is 121 Å². The predicted molar refractivity (Wildman–Crippen MR) is 79.0 cm³/mol. The van der Waals surface area contributed by atoms with Gasteiger partial charge in [0.1, 0.15) is 0 Å². The molecule has 0 aromatic heterocycles. The van der Waals surface area contributed by atoms with Crippen molar-refractivity contribution >= 4 is 0 Å². The molecular weight excluding hydrogens is 256 g/mol. The van der Waals surface area contributed by atoms with Crippen LogP contribution < -0.4 is 0 Å². The van der Waals surface area contributed by atoms with Crippen molar-refractivity contribution in [2.45, 2.75) is 25.2 Å². The standard InChI is InChI=1S/C16H26O4/c1-14-5-3-6-15(11-14)16(12-17,13-18)7-10-20-9-4-8-19-2/h3,5-6,11,17-18H,4,7-10,12-13H2,1-2H3. The van der Waals surface area contributed by atoms with Crippen LogP contribution in [0, 0.1) is 6.92 Å². The summed E-state index contributed by atoms with van der Waals surface area (Å²) in [5.41, 5.74) is 1.45. The van der Waals surface area contributed by atoms with Gasteiger partial charge in [-0.15, -0.1) is 0 Å². The van der Waals surface area contributed by atoms with Crippen LogP contribution in [0.2, 0.25) is 0 Å². The number of rotatable bonds is 10. The van der Waals surface area contributed by atoms with Crippen LogP contribution in [0.25, 0.3) is 0 Å². The van der Waals surface area contributed by atoms with E-state index in [-0.39, 0.29) is 13.2 Å². The van der Waals surface area contributed by atoms with Gasteiger partial charge in [0, 0.05) is 32.3 Å². The first kappa shape index (κ1) is 17.1. The monoisotopic (exact) mass is 282 g/mol. The molecule has 0 aliphatic heterocycles. The first-order valence-corrected chi connectivity index (χ1v) is 7.04. The van der Waals surface area contributed by atoms with Crippen molar-refractivity contribution in [2.75, 3.05) is 40.1 Å². The molecule has 1 aromatic rings. The largest absolute Gasteiger partial charge is 0.395 e. The summed E-state index contributed by atoms with van der Waals surface area (Å²) in [7, 11) is 1.67. The number of hydrogen-bond acceptors (Lipinski definition) is 4. The minimum absolute atomic E-state index is 0.0889. The Balaban J connectivity index is 2.58. The van der Waals surface area contributed by atoms with Gasteiger partial charge >= 0.3 is 0 Å². The van der Waals surface area contributed by atoms with E-state index in [0.717, 1.165) is 17.5 Å². The second-order valence-corrected chi connectivity index (χ2v) is 5.17. The van der Waals surface area contributed by atoms with E-state index < -0.39 is 5.41 Å². The summed E-state index contributed by atoms with van der Waals surface area (Å²) >= 11 is 0. The van der Waals surface area contributed by atoms with Gasteiger partial charge in [-0.25, -0.2) is 0 Å². The molecule has 0 bridgehead atoms. The molecule has 1 rings (SSSR count). The Kier molecular flexibility index (Phi) is 7.77. The molecular formula is C16H26O4. The second kappa shape index (κ2) is 9.08. The van der Waals surface area contributed by atoms with Crippen molar-refractivity contribution in [2.24, 2.45) is 0 Å². The molecule has 114 valence electrons. The first-order valence-electron chi connectivity index (χ1n) is 7.04. The maximum absolute atomic E-state index is 9.73. The topological polar surface area (TPSA) is 58.9 Å². The van der Waals surface area contributed by atoms with Gasteiger partial charge in [0.25, 0.3) is 0 Å². The lowest BCUT2D eigenvalue weighted by molar-refractivity contribution is 0.0547.